The molecule has 0 aliphatic heterocycles. The van der Waals surface area contributed by atoms with Gasteiger partial charge in [0.2, 0.25) is 0 Å². The predicted molar refractivity (Wildman–Crippen MR) is 94.3 cm³/mol. The Morgan fingerprint density at radius 1 is 1.04 bits per heavy atom. The second-order valence-corrected chi connectivity index (χ2v) is 6.76. The molecule has 122 valence electrons. The van der Waals surface area contributed by atoms with E-state index in [1.54, 1.807) is 0 Å². The Balaban J connectivity index is 1.85. The smallest absolute Gasteiger partial charge is 0.253 e. The summed E-state index contributed by atoms with van der Waals surface area (Å²) in [5.41, 5.74) is 5.27. The van der Waals surface area contributed by atoms with Crippen LogP contribution in [0.25, 0.3) is 5.69 Å². The highest BCUT2D eigenvalue weighted by Gasteiger charge is 2.20. The number of aromatic nitrogens is 1. The summed E-state index contributed by atoms with van der Waals surface area (Å²) in [7, 11) is 0. The summed E-state index contributed by atoms with van der Waals surface area (Å²) >= 11 is 0. The van der Waals surface area contributed by atoms with Gasteiger partial charge in [0.25, 0.3) is 5.91 Å². The molecule has 23 heavy (non-hydrogen) atoms. The third-order valence-electron chi connectivity index (χ3n) is 4.91. The summed E-state index contributed by atoms with van der Waals surface area (Å²) < 4.78 is 2.16. The normalized spacial score (nSPS) is 15.6. The third-order valence-corrected chi connectivity index (χ3v) is 4.91. The van der Waals surface area contributed by atoms with Gasteiger partial charge in [-0.1, -0.05) is 37.0 Å². The zero-order chi connectivity index (χ0) is 16.4. The number of carbonyl (C=O) groups is 1. The zero-order valence-electron chi connectivity index (χ0n) is 14.4. The Kier molecular flexibility index (Phi) is 4.56. The Bertz CT molecular complexity index is 691. The molecule has 1 saturated carbocycles. The lowest BCUT2D eigenvalue weighted by atomic mass is 9.95. The molecule has 1 fully saturated rings. The highest BCUT2D eigenvalue weighted by atomic mass is 16.1. The molecule has 1 aromatic heterocycles. The first-order chi connectivity index (χ1) is 11.1. The largest absolute Gasteiger partial charge is 0.349 e. The number of rotatable bonds is 3. The fraction of sp³-hybridized carbons (Fsp3) is 0.450. The van der Waals surface area contributed by atoms with E-state index in [2.05, 4.69) is 48.0 Å². The van der Waals surface area contributed by atoms with Crippen molar-refractivity contribution >= 4 is 5.91 Å². The van der Waals surface area contributed by atoms with Crippen molar-refractivity contribution in [1.82, 2.24) is 9.88 Å². The van der Waals surface area contributed by atoms with Crippen LogP contribution in [0, 0.1) is 20.8 Å². The predicted octanol–water partition coefficient (Wildman–Crippen LogP) is 4.47. The molecule has 3 rings (SSSR count). The Morgan fingerprint density at radius 2 is 1.70 bits per heavy atom. The Hall–Kier alpha value is -2.03. The molecule has 1 aliphatic rings. The van der Waals surface area contributed by atoms with Crippen LogP contribution >= 0.6 is 0 Å². The molecule has 1 aliphatic carbocycles. The van der Waals surface area contributed by atoms with Crippen LogP contribution in [0.5, 0.6) is 0 Å². The van der Waals surface area contributed by atoms with E-state index in [0.717, 1.165) is 35.5 Å². The lowest BCUT2D eigenvalue weighted by Crippen LogP contribution is -2.36. The van der Waals surface area contributed by atoms with Crippen molar-refractivity contribution in [2.24, 2.45) is 0 Å². The number of benzene rings is 1. The van der Waals surface area contributed by atoms with E-state index in [-0.39, 0.29) is 5.91 Å². The topological polar surface area (TPSA) is 34.0 Å². The SMILES string of the molecule is Cc1ccc(-n2c(C)cc(C(=O)NC3CCCCC3)c2C)cc1. The molecular formula is C20H26N2O. The minimum absolute atomic E-state index is 0.0726. The summed E-state index contributed by atoms with van der Waals surface area (Å²) in [4.78, 5) is 12.7. The number of hydrogen-bond acceptors (Lipinski definition) is 1. The quantitative estimate of drug-likeness (QED) is 0.892. The zero-order valence-corrected chi connectivity index (χ0v) is 14.4. The first-order valence-corrected chi connectivity index (χ1v) is 8.63. The minimum Gasteiger partial charge on any atom is -0.349 e. The lowest BCUT2D eigenvalue weighted by Gasteiger charge is -2.22. The van der Waals surface area contributed by atoms with Crippen LogP contribution in [0.15, 0.2) is 30.3 Å². The van der Waals surface area contributed by atoms with Crippen LogP contribution in [-0.4, -0.2) is 16.5 Å². The van der Waals surface area contributed by atoms with Gasteiger partial charge < -0.3 is 9.88 Å². The number of amides is 1. The molecule has 1 heterocycles. The number of carbonyl (C=O) groups excluding carboxylic acids is 1. The van der Waals surface area contributed by atoms with E-state index in [9.17, 15) is 4.79 Å². The van der Waals surface area contributed by atoms with Gasteiger partial charge in [-0.2, -0.15) is 0 Å². The third kappa shape index (κ3) is 3.34. The van der Waals surface area contributed by atoms with Crippen LogP contribution in [0.3, 0.4) is 0 Å². The number of nitrogens with zero attached hydrogens (tertiary/aromatic N) is 1. The van der Waals surface area contributed by atoms with Crippen LogP contribution in [0.4, 0.5) is 0 Å². The van der Waals surface area contributed by atoms with Crippen molar-refractivity contribution < 1.29 is 4.79 Å². The van der Waals surface area contributed by atoms with Crippen LogP contribution in [-0.2, 0) is 0 Å². The van der Waals surface area contributed by atoms with Crippen molar-refractivity contribution in [3.05, 3.63) is 52.8 Å². The molecule has 0 bridgehead atoms. The van der Waals surface area contributed by atoms with E-state index in [4.69, 9.17) is 0 Å². The first kappa shape index (κ1) is 15.9. The summed E-state index contributed by atoms with van der Waals surface area (Å²) in [6, 6.07) is 10.8. The van der Waals surface area contributed by atoms with E-state index >= 15 is 0 Å². The van der Waals surface area contributed by atoms with Gasteiger partial charge >= 0.3 is 0 Å². The van der Waals surface area contributed by atoms with Crippen molar-refractivity contribution in [2.75, 3.05) is 0 Å². The number of nitrogens with one attached hydrogen (secondary N) is 1. The molecule has 1 amide bonds. The van der Waals surface area contributed by atoms with Crippen molar-refractivity contribution in [1.29, 1.82) is 0 Å². The Morgan fingerprint density at radius 3 is 2.35 bits per heavy atom. The molecular weight excluding hydrogens is 284 g/mol. The summed E-state index contributed by atoms with van der Waals surface area (Å²) in [6.45, 7) is 6.18. The first-order valence-electron chi connectivity index (χ1n) is 8.63. The molecule has 0 atom stereocenters. The standard InChI is InChI=1S/C20H26N2O/c1-14-9-11-18(12-10-14)22-15(2)13-19(16(22)3)20(23)21-17-7-5-4-6-8-17/h9-13,17H,4-8H2,1-3H3,(H,21,23). The minimum atomic E-state index is 0.0726. The maximum atomic E-state index is 12.7. The maximum absolute atomic E-state index is 12.7. The molecule has 0 saturated heterocycles. The van der Waals surface area contributed by atoms with Crippen molar-refractivity contribution in [3.8, 4) is 5.69 Å². The lowest BCUT2D eigenvalue weighted by molar-refractivity contribution is 0.0927. The molecule has 0 unspecified atom stereocenters. The van der Waals surface area contributed by atoms with E-state index < -0.39 is 0 Å². The monoisotopic (exact) mass is 310 g/mol. The summed E-state index contributed by atoms with van der Waals surface area (Å²) in [5, 5.41) is 3.22. The fourth-order valence-corrected chi connectivity index (χ4v) is 3.59. The van der Waals surface area contributed by atoms with E-state index in [1.165, 1.54) is 24.8 Å². The molecule has 2 aromatic rings. The van der Waals surface area contributed by atoms with Crippen LogP contribution in [0.2, 0.25) is 0 Å². The molecule has 1 N–H and O–H groups in total. The fourth-order valence-electron chi connectivity index (χ4n) is 3.59. The molecule has 0 radical (unpaired) electrons. The van der Waals surface area contributed by atoms with Crippen LogP contribution in [0.1, 0.15) is 59.4 Å². The van der Waals surface area contributed by atoms with Crippen molar-refractivity contribution in [3.63, 3.8) is 0 Å². The van der Waals surface area contributed by atoms with E-state index in [0.29, 0.717) is 6.04 Å². The highest BCUT2D eigenvalue weighted by Crippen LogP contribution is 2.23. The maximum Gasteiger partial charge on any atom is 0.253 e. The Labute approximate surface area is 138 Å². The van der Waals surface area contributed by atoms with Gasteiger partial charge in [0.05, 0.1) is 5.56 Å². The van der Waals surface area contributed by atoms with Gasteiger partial charge in [0.15, 0.2) is 0 Å². The molecule has 1 aromatic carbocycles. The average molecular weight is 310 g/mol. The number of aryl methyl sites for hydroxylation is 2. The van der Waals surface area contributed by atoms with Crippen molar-refractivity contribution in [2.45, 2.75) is 58.9 Å². The average Bonchev–Trinajstić information content (AvgIpc) is 2.84. The molecule has 3 heteroatoms. The second-order valence-electron chi connectivity index (χ2n) is 6.76. The molecule has 0 spiro atoms. The van der Waals surface area contributed by atoms with Gasteiger partial charge in [-0.05, 0) is 51.8 Å². The van der Waals surface area contributed by atoms with E-state index in [1.807, 2.05) is 13.0 Å². The van der Waals surface area contributed by atoms with Gasteiger partial charge in [0.1, 0.15) is 0 Å². The number of hydrogen-bond donors (Lipinski definition) is 1. The summed E-state index contributed by atoms with van der Waals surface area (Å²) in [5.74, 6) is 0.0726. The highest BCUT2D eigenvalue weighted by molar-refractivity contribution is 5.96. The van der Waals surface area contributed by atoms with Crippen LogP contribution < -0.4 is 5.32 Å². The second kappa shape index (κ2) is 6.61. The summed E-state index contributed by atoms with van der Waals surface area (Å²) in [6.07, 6.45) is 5.99. The van der Waals surface area contributed by atoms with Gasteiger partial charge in [-0.25, -0.2) is 0 Å². The van der Waals surface area contributed by atoms with Gasteiger partial charge in [0, 0.05) is 23.1 Å². The molecule has 3 nitrogen and oxygen atoms in total. The van der Waals surface area contributed by atoms with Gasteiger partial charge in [-0.15, -0.1) is 0 Å². The van der Waals surface area contributed by atoms with Gasteiger partial charge in [-0.3, -0.25) is 4.79 Å².